The molecule has 1 aliphatic carbocycles. The zero-order chi connectivity index (χ0) is 22.6. The predicted octanol–water partition coefficient (Wildman–Crippen LogP) is 4.81. The zero-order valence-electron chi connectivity index (χ0n) is 20.0. The summed E-state index contributed by atoms with van der Waals surface area (Å²) in [6.45, 7) is 5.56. The van der Waals surface area contributed by atoms with Crippen LogP contribution < -0.4 is 4.90 Å². The van der Waals surface area contributed by atoms with Crippen LogP contribution >= 0.6 is 0 Å². The van der Waals surface area contributed by atoms with Crippen molar-refractivity contribution in [3.63, 3.8) is 0 Å². The number of amides is 1. The minimum atomic E-state index is 0.233. The van der Waals surface area contributed by atoms with Crippen LogP contribution in [-0.4, -0.2) is 45.4 Å². The van der Waals surface area contributed by atoms with Gasteiger partial charge in [0.25, 0.3) is 0 Å². The van der Waals surface area contributed by atoms with Gasteiger partial charge in [0, 0.05) is 49.4 Å². The van der Waals surface area contributed by atoms with Crippen LogP contribution in [0.5, 0.6) is 0 Å². The summed E-state index contributed by atoms with van der Waals surface area (Å²) in [6, 6.07) is 6.09. The zero-order valence-corrected chi connectivity index (χ0v) is 20.0. The van der Waals surface area contributed by atoms with E-state index < -0.39 is 0 Å². The van der Waals surface area contributed by atoms with Gasteiger partial charge in [0.15, 0.2) is 0 Å². The molecule has 0 unspecified atom stereocenters. The molecule has 1 amide bonds. The summed E-state index contributed by atoms with van der Waals surface area (Å²) in [5.41, 5.74) is 3.45. The molecule has 1 saturated carbocycles. The molecule has 1 saturated heterocycles. The van der Waals surface area contributed by atoms with Gasteiger partial charge in [0.2, 0.25) is 5.91 Å². The molecule has 0 aromatic carbocycles. The third kappa shape index (κ3) is 5.20. The second kappa shape index (κ2) is 10.2. The maximum absolute atomic E-state index is 13.1. The lowest BCUT2D eigenvalue weighted by atomic mass is 9.86. The van der Waals surface area contributed by atoms with E-state index in [4.69, 9.17) is 9.97 Å². The van der Waals surface area contributed by atoms with E-state index in [0.29, 0.717) is 11.8 Å². The number of hydrogen-bond acceptors (Lipinski definition) is 5. The van der Waals surface area contributed by atoms with E-state index in [1.165, 1.54) is 37.7 Å². The van der Waals surface area contributed by atoms with Crippen molar-refractivity contribution in [3.05, 3.63) is 47.2 Å². The summed E-state index contributed by atoms with van der Waals surface area (Å²) in [5, 5.41) is 0. The molecule has 0 bridgehead atoms. The molecular weight excluding hydrogens is 410 g/mol. The molecule has 6 heteroatoms. The molecule has 3 aliphatic rings. The van der Waals surface area contributed by atoms with Gasteiger partial charge >= 0.3 is 0 Å². The van der Waals surface area contributed by atoms with Crippen LogP contribution in [0, 0.1) is 12.8 Å². The second-order valence-electron chi connectivity index (χ2n) is 10.2. The summed E-state index contributed by atoms with van der Waals surface area (Å²) < 4.78 is 0. The first-order valence-electron chi connectivity index (χ1n) is 13.0. The molecule has 2 aromatic heterocycles. The molecule has 0 spiro atoms. The summed E-state index contributed by atoms with van der Waals surface area (Å²) >= 11 is 0. The van der Waals surface area contributed by atoms with E-state index in [9.17, 15) is 4.79 Å². The van der Waals surface area contributed by atoms with Gasteiger partial charge in [-0.1, -0.05) is 25.3 Å². The minimum absolute atomic E-state index is 0.233. The van der Waals surface area contributed by atoms with Crippen molar-refractivity contribution in [2.45, 2.75) is 83.6 Å². The first-order chi connectivity index (χ1) is 16.2. The lowest BCUT2D eigenvalue weighted by Gasteiger charge is -2.35. The van der Waals surface area contributed by atoms with Crippen molar-refractivity contribution in [2.75, 3.05) is 24.5 Å². The van der Waals surface area contributed by atoms with E-state index in [-0.39, 0.29) is 5.92 Å². The Morgan fingerprint density at radius 2 is 1.91 bits per heavy atom. The van der Waals surface area contributed by atoms with Gasteiger partial charge in [-0.3, -0.25) is 9.78 Å². The minimum Gasteiger partial charge on any atom is -0.350 e. The second-order valence-corrected chi connectivity index (χ2v) is 10.2. The first kappa shape index (κ1) is 22.3. The number of aromatic nitrogens is 3. The smallest absolute Gasteiger partial charge is 0.222 e. The highest BCUT2D eigenvalue weighted by Crippen LogP contribution is 2.33. The summed E-state index contributed by atoms with van der Waals surface area (Å²) in [7, 11) is 0. The van der Waals surface area contributed by atoms with Crippen LogP contribution in [0.1, 0.15) is 86.5 Å². The number of hydrogen-bond donors (Lipinski definition) is 0. The Morgan fingerprint density at radius 1 is 1.03 bits per heavy atom. The number of anilines is 1. The van der Waals surface area contributed by atoms with Gasteiger partial charge in [-0.25, -0.2) is 9.97 Å². The van der Waals surface area contributed by atoms with Crippen LogP contribution in [-0.2, 0) is 17.8 Å². The maximum Gasteiger partial charge on any atom is 0.222 e. The van der Waals surface area contributed by atoms with Crippen molar-refractivity contribution in [1.82, 2.24) is 19.9 Å². The molecule has 0 radical (unpaired) electrons. The molecule has 4 heterocycles. The van der Waals surface area contributed by atoms with Crippen LogP contribution in [0.4, 0.5) is 5.82 Å². The quantitative estimate of drug-likeness (QED) is 0.658. The summed E-state index contributed by atoms with van der Waals surface area (Å²) in [4.78, 5) is 32.2. The number of carbonyl (C=O) groups excluding carboxylic acids is 1. The highest BCUT2D eigenvalue weighted by atomic mass is 16.2. The molecule has 5 rings (SSSR count). The normalized spacial score (nSPS) is 21.7. The van der Waals surface area contributed by atoms with Crippen LogP contribution in [0.25, 0.3) is 0 Å². The summed E-state index contributed by atoms with van der Waals surface area (Å²) in [5.74, 6) is 3.18. The third-order valence-electron chi connectivity index (χ3n) is 7.77. The van der Waals surface area contributed by atoms with Crippen molar-refractivity contribution in [3.8, 4) is 0 Å². The number of fused-ring (bicyclic) bond motifs is 1. The van der Waals surface area contributed by atoms with E-state index >= 15 is 0 Å². The van der Waals surface area contributed by atoms with E-state index in [1.54, 1.807) is 0 Å². The van der Waals surface area contributed by atoms with E-state index in [0.717, 1.165) is 81.3 Å². The van der Waals surface area contributed by atoms with Crippen LogP contribution in [0.3, 0.4) is 0 Å². The highest BCUT2D eigenvalue weighted by molar-refractivity contribution is 5.76. The monoisotopic (exact) mass is 447 g/mol. The highest BCUT2D eigenvalue weighted by Gasteiger charge is 2.30. The molecule has 2 aromatic rings. The summed E-state index contributed by atoms with van der Waals surface area (Å²) in [6.07, 6.45) is 13.2. The van der Waals surface area contributed by atoms with Gasteiger partial charge in [0.1, 0.15) is 11.6 Å². The molecule has 6 nitrogen and oxygen atoms in total. The number of likely N-dealkylation sites (tertiary alicyclic amines) is 1. The molecule has 0 N–H and O–H groups in total. The topological polar surface area (TPSA) is 62.2 Å². The Labute approximate surface area is 197 Å². The Bertz CT molecular complexity index is 956. The maximum atomic E-state index is 13.1. The fourth-order valence-corrected chi connectivity index (χ4v) is 5.91. The predicted molar refractivity (Wildman–Crippen MR) is 130 cm³/mol. The number of carbonyl (C=O) groups is 1. The molecule has 33 heavy (non-hydrogen) atoms. The number of pyridine rings is 1. The Kier molecular flexibility index (Phi) is 6.88. The molecule has 2 fully saturated rings. The largest absolute Gasteiger partial charge is 0.350 e. The number of aryl methyl sites for hydroxylation is 1. The average Bonchev–Trinajstić information content (AvgIpc) is 2.86. The van der Waals surface area contributed by atoms with Gasteiger partial charge in [-0.05, 0) is 63.5 Å². The van der Waals surface area contributed by atoms with Crippen LogP contribution in [0.15, 0.2) is 24.4 Å². The lowest BCUT2D eigenvalue weighted by Crippen LogP contribution is -2.40. The Hall–Kier alpha value is -2.50. The van der Waals surface area contributed by atoms with E-state index in [2.05, 4.69) is 27.8 Å². The third-order valence-corrected chi connectivity index (χ3v) is 7.77. The van der Waals surface area contributed by atoms with Crippen molar-refractivity contribution in [1.29, 1.82) is 0 Å². The van der Waals surface area contributed by atoms with Crippen molar-refractivity contribution < 1.29 is 4.79 Å². The fourth-order valence-electron chi connectivity index (χ4n) is 5.91. The number of rotatable bonds is 5. The van der Waals surface area contributed by atoms with Crippen LogP contribution in [0.2, 0.25) is 0 Å². The molecular formula is C27H37N5O. The number of nitrogens with zero attached hydrogens (tertiary/aromatic N) is 5. The lowest BCUT2D eigenvalue weighted by molar-refractivity contribution is -0.133. The van der Waals surface area contributed by atoms with Gasteiger partial charge in [-0.2, -0.15) is 0 Å². The standard InChI is InChI=1S/C27H37N5O/c1-20-24-13-8-16-32(19-23-12-5-6-14-28-23)27(24)30-26(29-20)22-11-7-15-31(18-22)25(33)17-21-9-3-2-4-10-21/h5-6,12,14,21-22H,2-4,7-11,13,15-19H2,1H3/t22-/m1/s1. The average molecular weight is 448 g/mol. The molecule has 2 aliphatic heterocycles. The van der Waals surface area contributed by atoms with Crippen molar-refractivity contribution >= 4 is 11.7 Å². The first-order valence-corrected chi connectivity index (χ1v) is 13.0. The Balaban J connectivity index is 1.32. The number of piperidine rings is 1. The van der Waals surface area contributed by atoms with Gasteiger partial charge in [-0.15, -0.1) is 0 Å². The van der Waals surface area contributed by atoms with E-state index in [1.807, 2.05) is 18.3 Å². The SMILES string of the molecule is Cc1nc([C@@H]2CCCN(C(=O)CC3CCCCC3)C2)nc2c1CCCN2Cc1ccccn1. The van der Waals surface area contributed by atoms with Crippen molar-refractivity contribution in [2.24, 2.45) is 5.92 Å². The Morgan fingerprint density at radius 3 is 2.73 bits per heavy atom. The molecule has 1 atom stereocenters. The fraction of sp³-hybridized carbons (Fsp3) is 0.630. The molecule has 176 valence electrons. The van der Waals surface area contributed by atoms with Gasteiger partial charge in [0.05, 0.1) is 12.2 Å². The van der Waals surface area contributed by atoms with Gasteiger partial charge < -0.3 is 9.80 Å².